The largest absolute Gasteiger partial charge is 0.463 e. The molecule has 3 aromatic carbocycles. The third-order valence-corrected chi connectivity index (χ3v) is 11.1. The topological polar surface area (TPSA) is 208 Å². The summed E-state index contributed by atoms with van der Waals surface area (Å²) in [5.74, 6) is -0.111. The number of thioether (sulfide) groups is 1. The Balaban J connectivity index is 0.853. The molecule has 1 aliphatic rings. The second kappa shape index (κ2) is 16.4. The van der Waals surface area contributed by atoms with E-state index in [-0.39, 0.29) is 59.3 Å². The summed E-state index contributed by atoms with van der Waals surface area (Å²) in [5.41, 5.74) is 9.96. The smallest absolute Gasteiger partial charge is 0.328 e. The number of amides is 2. The van der Waals surface area contributed by atoms with Gasteiger partial charge < -0.3 is 31.1 Å². The van der Waals surface area contributed by atoms with E-state index in [1.807, 2.05) is 54.6 Å². The number of imidazole rings is 1. The number of aromatic amines is 2. The van der Waals surface area contributed by atoms with Crippen molar-refractivity contribution in [3.63, 3.8) is 0 Å². The van der Waals surface area contributed by atoms with Crippen LogP contribution in [-0.2, 0) is 11.3 Å². The number of carbonyl (C=O) groups excluding carboxylic acids is 2. The lowest BCUT2D eigenvalue weighted by Gasteiger charge is -2.29. The predicted octanol–water partition coefficient (Wildman–Crippen LogP) is 5.06. The maximum absolute atomic E-state index is 13.8. The number of unbranched alkanes of at least 4 members (excludes halogenated alkanes) is 1. The summed E-state index contributed by atoms with van der Waals surface area (Å²) < 4.78 is 8.65. The lowest BCUT2D eigenvalue weighted by atomic mass is 9.91. The maximum Gasteiger partial charge on any atom is 0.328 e. The lowest BCUT2D eigenvalue weighted by Crippen LogP contribution is -2.44. The minimum atomic E-state index is -0.376. The minimum Gasteiger partial charge on any atom is -0.463 e. The number of fused-ring (bicyclic) bond motifs is 4. The molecule has 6 N–H and O–H groups in total. The molecule has 4 aromatic heterocycles. The zero-order valence-corrected chi connectivity index (χ0v) is 32.1. The van der Waals surface area contributed by atoms with E-state index in [1.54, 1.807) is 28.8 Å². The number of aromatic nitrogens is 7. The van der Waals surface area contributed by atoms with E-state index in [0.717, 1.165) is 29.3 Å². The van der Waals surface area contributed by atoms with Crippen LogP contribution in [0.25, 0.3) is 38.8 Å². The number of H-pyrrole nitrogens is 2. The van der Waals surface area contributed by atoms with Gasteiger partial charge in [-0.3, -0.25) is 23.5 Å². The van der Waals surface area contributed by atoms with Crippen LogP contribution >= 0.6 is 11.8 Å². The summed E-state index contributed by atoms with van der Waals surface area (Å²) >= 11 is 1.23. The first-order valence-corrected chi connectivity index (χ1v) is 20.0. The van der Waals surface area contributed by atoms with Crippen molar-refractivity contribution in [2.24, 2.45) is 0 Å². The van der Waals surface area contributed by atoms with Gasteiger partial charge in [0.05, 0.1) is 24.6 Å². The Bertz CT molecular complexity index is 2700. The average Bonchev–Trinajstić information content (AvgIpc) is 3.75. The first-order chi connectivity index (χ1) is 27.7. The summed E-state index contributed by atoms with van der Waals surface area (Å²) in [4.78, 5) is 72.4. The number of anilines is 1. The van der Waals surface area contributed by atoms with Crippen LogP contribution in [-0.4, -0.2) is 70.3 Å². The Morgan fingerprint density at radius 2 is 1.60 bits per heavy atom. The van der Waals surface area contributed by atoms with Gasteiger partial charge in [0.15, 0.2) is 16.6 Å². The van der Waals surface area contributed by atoms with Crippen LogP contribution in [0.1, 0.15) is 61.4 Å². The SMILES string of the molecule is CCCCOc1nc(N)c2[nH]c(=O)n(Cc3ccc(C(=O)NC4CCC(NC(=O)CSc5nc6c([nH]c7ccccc76)c(=O)n5-c5ccccc5)CC4)cc3)c2n1. The predicted molar refractivity (Wildman–Crippen MR) is 220 cm³/mol. The zero-order chi connectivity index (χ0) is 39.5. The fourth-order valence-electron chi connectivity index (χ4n) is 7.19. The molecule has 16 heteroatoms. The number of ether oxygens (including phenoxy) is 1. The van der Waals surface area contributed by atoms with Crippen molar-refractivity contribution in [2.45, 2.75) is 69.2 Å². The van der Waals surface area contributed by atoms with Crippen molar-refractivity contribution in [3.8, 4) is 11.7 Å². The van der Waals surface area contributed by atoms with Crippen molar-refractivity contribution >= 4 is 62.5 Å². The van der Waals surface area contributed by atoms with Gasteiger partial charge in [0.25, 0.3) is 11.5 Å². The second-order valence-corrected chi connectivity index (χ2v) is 15.1. The van der Waals surface area contributed by atoms with Gasteiger partial charge in [0.2, 0.25) is 5.91 Å². The van der Waals surface area contributed by atoms with Crippen LogP contribution in [0.3, 0.4) is 0 Å². The highest BCUT2D eigenvalue weighted by atomic mass is 32.2. The normalized spacial score (nSPS) is 15.6. The van der Waals surface area contributed by atoms with E-state index in [1.165, 1.54) is 16.3 Å². The molecule has 4 heterocycles. The minimum absolute atomic E-state index is 0.0292. The van der Waals surface area contributed by atoms with Crippen LogP contribution in [0, 0.1) is 0 Å². The van der Waals surface area contributed by atoms with Crippen LogP contribution in [0.2, 0.25) is 0 Å². The van der Waals surface area contributed by atoms with Gasteiger partial charge >= 0.3 is 11.7 Å². The fraction of sp³-hybridized carbons (Fsp3) is 0.293. The van der Waals surface area contributed by atoms with E-state index in [2.05, 4.69) is 37.5 Å². The van der Waals surface area contributed by atoms with Gasteiger partial charge in [0, 0.05) is 28.6 Å². The Kier molecular flexibility index (Phi) is 10.8. The highest BCUT2D eigenvalue weighted by Crippen LogP contribution is 2.27. The van der Waals surface area contributed by atoms with Gasteiger partial charge in [-0.15, -0.1) is 0 Å². The standard InChI is InChI=1S/C41H42N10O5S/c1-2-3-21-56-39-48-35(42)34-36(49-39)50(40(55)46-34)22-24-13-15-25(16-14-24)37(53)44-27-19-17-26(18-20-27)43-31(52)23-57-41-47-32-29-11-7-8-12-30(29)45-33(32)38(54)51(41)28-9-5-4-6-10-28/h4-16,26-27,45H,2-3,17-23H2,1H3,(H,43,52)(H,44,53)(H,46,55)(H2,42,48,49). The molecular weight excluding hydrogens is 745 g/mol. The highest BCUT2D eigenvalue weighted by Gasteiger charge is 2.25. The summed E-state index contributed by atoms with van der Waals surface area (Å²) in [5, 5.41) is 7.57. The highest BCUT2D eigenvalue weighted by molar-refractivity contribution is 7.99. The number of rotatable bonds is 13. The summed E-state index contributed by atoms with van der Waals surface area (Å²) in [6, 6.07) is 24.1. The van der Waals surface area contributed by atoms with Crippen molar-refractivity contribution in [1.29, 1.82) is 0 Å². The molecule has 1 fully saturated rings. The molecule has 7 aromatic rings. The third-order valence-electron chi connectivity index (χ3n) is 10.2. The Morgan fingerprint density at radius 3 is 2.35 bits per heavy atom. The number of hydrogen-bond donors (Lipinski definition) is 5. The molecular formula is C41H42N10O5S. The second-order valence-electron chi connectivity index (χ2n) is 14.1. The molecule has 0 unspecified atom stereocenters. The Labute approximate surface area is 330 Å². The summed E-state index contributed by atoms with van der Waals surface area (Å²) in [6.45, 7) is 2.71. The fourth-order valence-corrected chi connectivity index (χ4v) is 8.00. The number of nitrogens with one attached hydrogen (secondary N) is 4. The van der Waals surface area contributed by atoms with Crippen molar-refractivity contribution in [1.82, 2.24) is 44.7 Å². The van der Waals surface area contributed by atoms with Gasteiger partial charge in [-0.25, -0.2) is 9.78 Å². The monoisotopic (exact) mass is 786 g/mol. The van der Waals surface area contributed by atoms with Crippen molar-refractivity contribution < 1.29 is 14.3 Å². The third kappa shape index (κ3) is 7.98. The first kappa shape index (κ1) is 37.5. The molecule has 0 atom stereocenters. The molecule has 0 aliphatic heterocycles. The van der Waals surface area contributed by atoms with Crippen LogP contribution in [0.15, 0.2) is 93.6 Å². The van der Waals surface area contributed by atoms with E-state index < -0.39 is 0 Å². The quantitative estimate of drug-likeness (QED) is 0.0597. The number of nitrogen functional groups attached to an aromatic ring is 1. The molecule has 1 aliphatic carbocycles. The molecule has 2 amide bonds. The molecule has 0 saturated heterocycles. The Morgan fingerprint density at radius 1 is 0.877 bits per heavy atom. The molecule has 0 radical (unpaired) electrons. The number of nitrogens with zero attached hydrogens (tertiary/aromatic N) is 5. The maximum atomic E-state index is 13.8. The summed E-state index contributed by atoms with van der Waals surface area (Å²) in [7, 11) is 0. The average molecular weight is 787 g/mol. The number of para-hydroxylation sites is 2. The van der Waals surface area contributed by atoms with E-state index in [0.29, 0.717) is 70.9 Å². The number of carbonyl (C=O) groups is 2. The number of hydrogen-bond acceptors (Lipinski definition) is 10. The van der Waals surface area contributed by atoms with E-state index in [9.17, 15) is 19.2 Å². The molecule has 1 saturated carbocycles. The van der Waals surface area contributed by atoms with Gasteiger partial charge in [-0.05, 0) is 68.0 Å². The van der Waals surface area contributed by atoms with E-state index in [4.69, 9.17) is 15.5 Å². The van der Waals surface area contributed by atoms with Crippen LogP contribution in [0.4, 0.5) is 5.82 Å². The zero-order valence-electron chi connectivity index (χ0n) is 31.3. The number of nitrogens with two attached hydrogens (primary N) is 1. The summed E-state index contributed by atoms with van der Waals surface area (Å²) in [6.07, 6.45) is 4.66. The molecule has 8 rings (SSSR count). The number of benzene rings is 3. The van der Waals surface area contributed by atoms with Crippen molar-refractivity contribution in [3.05, 3.63) is 111 Å². The van der Waals surface area contributed by atoms with Gasteiger partial charge in [-0.1, -0.05) is 73.6 Å². The first-order valence-electron chi connectivity index (χ1n) is 19.1. The lowest BCUT2D eigenvalue weighted by molar-refractivity contribution is -0.119. The van der Waals surface area contributed by atoms with Crippen molar-refractivity contribution in [2.75, 3.05) is 18.1 Å². The van der Waals surface area contributed by atoms with Gasteiger partial charge in [-0.2, -0.15) is 9.97 Å². The molecule has 292 valence electrons. The van der Waals surface area contributed by atoms with Gasteiger partial charge in [0.1, 0.15) is 16.6 Å². The molecule has 0 bridgehead atoms. The van der Waals surface area contributed by atoms with Crippen LogP contribution < -0.4 is 32.4 Å². The molecule has 15 nitrogen and oxygen atoms in total. The van der Waals surface area contributed by atoms with E-state index >= 15 is 0 Å². The molecule has 57 heavy (non-hydrogen) atoms. The van der Waals surface area contributed by atoms with Crippen LogP contribution in [0.5, 0.6) is 6.01 Å². The molecule has 0 spiro atoms. The Hall–Kier alpha value is -6.42.